The molecule has 0 aliphatic carbocycles. The zero-order valence-electron chi connectivity index (χ0n) is 6.95. The molecule has 0 spiro atoms. The van der Waals surface area contributed by atoms with E-state index in [1.807, 2.05) is 0 Å². The van der Waals surface area contributed by atoms with E-state index in [9.17, 15) is 22.0 Å². The predicted molar refractivity (Wildman–Crippen MR) is 37.8 cm³/mol. The van der Waals surface area contributed by atoms with Crippen molar-refractivity contribution in [3.8, 4) is 5.75 Å². The Hall–Kier alpha value is -1.33. The third kappa shape index (κ3) is 2.58. The molecule has 0 aromatic heterocycles. The van der Waals surface area contributed by atoms with Gasteiger partial charge in [-0.1, -0.05) is 0 Å². The summed E-state index contributed by atoms with van der Waals surface area (Å²) in [5, 5.41) is 0. The topological polar surface area (TPSA) is 9.23 Å². The fraction of sp³-hybridized carbons (Fsp3) is 0.250. The Morgan fingerprint density at radius 2 is 1.57 bits per heavy atom. The first-order valence-corrected chi connectivity index (χ1v) is 3.51. The number of hydrogen-bond donors (Lipinski definition) is 0. The van der Waals surface area contributed by atoms with E-state index < -0.39 is 23.7 Å². The second-order valence-electron chi connectivity index (χ2n) is 2.58. The van der Waals surface area contributed by atoms with Crippen molar-refractivity contribution in [2.24, 2.45) is 0 Å². The number of hydrogen-bond acceptors (Lipinski definition) is 1. The van der Waals surface area contributed by atoms with Gasteiger partial charge in [-0.2, -0.15) is 0 Å². The number of benzene rings is 1. The van der Waals surface area contributed by atoms with E-state index in [1.165, 1.54) is 6.92 Å². The van der Waals surface area contributed by atoms with Gasteiger partial charge in [0, 0.05) is 6.07 Å². The fourth-order valence-electron chi connectivity index (χ4n) is 0.863. The number of rotatable bonds is 1. The van der Waals surface area contributed by atoms with Gasteiger partial charge in [0.25, 0.3) is 0 Å². The highest BCUT2D eigenvalue weighted by molar-refractivity contribution is 5.33. The average Bonchev–Trinajstić information content (AvgIpc) is 1.97. The average molecular weight is 212 g/mol. The summed E-state index contributed by atoms with van der Waals surface area (Å²) in [4.78, 5) is 0. The molecule has 0 aliphatic rings. The van der Waals surface area contributed by atoms with Crippen LogP contribution in [0.25, 0.3) is 0 Å². The van der Waals surface area contributed by atoms with Gasteiger partial charge in [0.15, 0.2) is 11.6 Å². The van der Waals surface area contributed by atoms with E-state index in [1.54, 1.807) is 0 Å². The van der Waals surface area contributed by atoms with Gasteiger partial charge in [-0.15, -0.1) is 13.2 Å². The van der Waals surface area contributed by atoms with Crippen LogP contribution in [0.1, 0.15) is 5.56 Å². The number of ether oxygens (including phenoxy) is 1. The van der Waals surface area contributed by atoms with Crippen LogP contribution in [0.4, 0.5) is 22.0 Å². The minimum Gasteiger partial charge on any atom is -0.405 e. The summed E-state index contributed by atoms with van der Waals surface area (Å²) in [5.74, 6) is -3.33. The van der Waals surface area contributed by atoms with Crippen LogP contribution in [0.15, 0.2) is 12.1 Å². The standard InChI is InChI=1S/C8H5F5O/c1-4-2-5(9)6(10)3-7(4)14-8(11,12)13/h2-3H,1H3. The maximum Gasteiger partial charge on any atom is 0.573 e. The molecule has 0 atom stereocenters. The Balaban J connectivity index is 3.04. The molecule has 1 rings (SSSR count). The normalized spacial score (nSPS) is 11.6. The first kappa shape index (κ1) is 10.7. The zero-order chi connectivity index (χ0) is 10.9. The van der Waals surface area contributed by atoms with E-state index >= 15 is 0 Å². The van der Waals surface area contributed by atoms with E-state index in [0.29, 0.717) is 12.1 Å². The molecule has 1 aromatic carbocycles. The van der Waals surface area contributed by atoms with Crippen molar-refractivity contribution in [2.45, 2.75) is 13.3 Å². The van der Waals surface area contributed by atoms with Crippen LogP contribution in [0.5, 0.6) is 5.75 Å². The first-order valence-electron chi connectivity index (χ1n) is 3.51. The molecule has 0 fully saturated rings. The lowest BCUT2D eigenvalue weighted by Gasteiger charge is -2.11. The van der Waals surface area contributed by atoms with E-state index in [4.69, 9.17) is 0 Å². The van der Waals surface area contributed by atoms with Gasteiger partial charge in [0.2, 0.25) is 0 Å². The van der Waals surface area contributed by atoms with E-state index in [2.05, 4.69) is 4.74 Å². The Labute approximate surface area is 76.1 Å². The van der Waals surface area contributed by atoms with E-state index in [-0.39, 0.29) is 5.56 Å². The van der Waals surface area contributed by atoms with Crippen LogP contribution in [-0.4, -0.2) is 6.36 Å². The highest BCUT2D eigenvalue weighted by Gasteiger charge is 2.32. The van der Waals surface area contributed by atoms with Gasteiger partial charge < -0.3 is 4.74 Å². The van der Waals surface area contributed by atoms with Gasteiger partial charge in [-0.3, -0.25) is 0 Å². The Bertz CT molecular complexity index is 344. The second-order valence-corrected chi connectivity index (χ2v) is 2.58. The van der Waals surface area contributed by atoms with Crippen LogP contribution < -0.4 is 4.74 Å². The van der Waals surface area contributed by atoms with Crippen molar-refractivity contribution >= 4 is 0 Å². The Kier molecular flexibility index (Phi) is 2.64. The molecule has 78 valence electrons. The lowest BCUT2D eigenvalue weighted by Crippen LogP contribution is -2.18. The molecule has 0 N–H and O–H groups in total. The molecule has 0 saturated carbocycles. The van der Waals surface area contributed by atoms with Crippen molar-refractivity contribution in [3.05, 3.63) is 29.3 Å². The van der Waals surface area contributed by atoms with Gasteiger partial charge in [0.1, 0.15) is 5.75 Å². The highest BCUT2D eigenvalue weighted by atomic mass is 19.4. The minimum atomic E-state index is -4.91. The zero-order valence-corrected chi connectivity index (χ0v) is 6.95. The minimum absolute atomic E-state index is 0.124. The van der Waals surface area contributed by atoms with Crippen LogP contribution in [0.2, 0.25) is 0 Å². The van der Waals surface area contributed by atoms with Gasteiger partial charge in [-0.25, -0.2) is 8.78 Å². The van der Waals surface area contributed by atoms with Crippen molar-refractivity contribution in [3.63, 3.8) is 0 Å². The molecule has 0 radical (unpaired) electrons. The van der Waals surface area contributed by atoms with Crippen molar-refractivity contribution in [1.82, 2.24) is 0 Å². The van der Waals surface area contributed by atoms with Gasteiger partial charge in [-0.05, 0) is 18.6 Å². The van der Waals surface area contributed by atoms with Crippen molar-refractivity contribution in [2.75, 3.05) is 0 Å². The van der Waals surface area contributed by atoms with Crippen LogP contribution in [0.3, 0.4) is 0 Å². The largest absolute Gasteiger partial charge is 0.573 e. The molecule has 6 heteroatoms. The van der Waals surface area contributed by atoms with Crippen LogP contribution in [-0.2, 0) is 0 Å². The summed E-state index contributed by atoms with van der Waals surface area (Å²) in [5.41, 5.74) is -0.124. The highest BCUT2D eigenvalue weighted by Crippen LogP contribution is 2.27. The summed E-state index contributed by atoms with van der Waals surface area (Å²) in [6.45, 7) is 1.18. The quantitative estimate of drug-likeness (QED) is 0.649. The molecule has 0 heterocycles. The Morgan fingerprint density at radius 3 is 2.07 bits per heavy atom. The third-order valence-electron chi connectivity index (χ3n) is 1.44. The molecule has 0 saturated heterocycles. The molecule has 1 nitrogen and oxygen atoms in total. The van der Waals surface area contributed by atoms with Gasteiger partial charge >= 0.3 is 6.36 Å². The molecular weight excluding hydrogens is 207 g/mol. The smallest absolute Gasteiger partial charge is 0.405 e. The first-order chi connectivity index (χ1) is 6.29. The molecule has 0 aliphatic heterocycles. The summed E-state index contributed by atoms with van der Waals surface area (Å²) in [6, 6.07) is 0.995. The summed E-state index contributed by atoms with van der Waals surface area (Å²) >= 11 is 0. The number of alkyl halides is 3. The fourth-order valence-corrected chi connectivity index (χ4v) is 0.863. The summed E-state index contributed by atoms with van der Waals surface area (Å²) < 4.78 is 63.6. The van der Waals surface area contributed by atoms with Crippen LogP contribution >= 0.6 is 0 Å². The maximum absolute atomic E-state index is 12.5. The van der Waals surface area contributed by atoms with E-state index in [0.717, 1.165) is 0 Å². The molecule has 14 heavy (non-hydrogen) atoms. The maximum atomic E-state index is 12.5. The molecule has 0 unspecified atom stereocenters. The molecular formula is C8H5F5O. The molecule has 0 bridgehead atoms. The monoisotopic (exact) mass is 212 g/mol. The predicted octanol–water partition coefficient (Wildman–Crippen LogP) is 3.17. The van der Waals surface area contributed by atoms with Crippen molar-refractivity contribution < 1.29 is 26.7 Å². The SMILES string of the molecule is Cc1cc(F)c(F)cc1OC(F)(F)F. The lowest BCUT2D eigenvalue weighted by molar-refractivity contribution is -0.274. The third-order valence-corrected chi connectivity index (χ3v) is 1.44. The lowest BCUT2D eigenvalue weighted by atomic mass is 10.2. The van der Waals surface area contributed by atoms with Gasteiger partial charge in [0.05, 0.1) is 0 Å². The number of halogens is 5. The summed E-state index contributed by atoms with van der Waals surface area (Å²) in [7, 11) is 0. The molecule has 1 aromatic rings. The van der Waals surface area contributed by atoms with Crippen LogP contribution in [0, 0.1) is 18.6 Å². The Morgan fingerprint density at radius 1 is 1.07 bits per heavy atom. The second kappa shape index (κ2) is 3.43. The van der Waals surface area contributed by atoms with Crippen molar-refractivity contribution in [1.29, 1.82) is 0 Å². The number of aryl methyl sites for hydroxylation is 1. The molecule has 0 amide bonds. The summed E-state index contributed by atoms with van der Waals surface area (Å²) in [6.07, 6.45) is -4.91.